The van der Waals surface area contributed by atoms with Crippen LogP contribution in [0.2, 0.25) is 0 Å². The monoisotopic (exact) mass is 438 g/mol. The zero-order valence-electron chi connectivity index (χ0n) is 18.6. The summed E-state index contributed by atoms with van der Waals surface area (Å²) in [6.45, 7) is 6.84. The van der Waals surface area contributed by atoms with Gasteiger partial charge in [0.2, 0.25) is 0 Å². The first-order chi connectivity index (χ1) is 15.4. The Bertz CT molecular complexity index is 1130. The number of nitrogens with two attached hydrogens (primary N) is 1. The minimum absolute atomic E-state index is 0.104. The van der Waals surface area contributed by atoms with Crippen LogP contribution >= 0.6 is 0 Å². The third kappa shape index (κ3) is 4.76. The number of fused-ring (bicyclic) bond motifs is 1. The second kappa shape index (κ2) is 9.42. The lowest BCUT2D eigenvalue weighted by molar-refractivity contribution is 0.173. The number of hydrogen-bond donors (Lipinski definition) is 1. The van der Waals surface area contributed by atoms with Crippen LogP contribution in [0.1, 0.15) is 33.1 Å². The minimum Gasteiger partial charge on any atom is -0.494 e. The van der Waals surface area contributed by atoms with E-state index in [-0.39, 0.29) is 11.6 Å². The van der Waals surface area contributed by atoms with Crippen LogP contribution in [0.15, 0.2) is 41.6 Å². The SMILES string of the molecule is CC(C)CCOc1ccc(-n2ncc3c(=O)n(CC4CCN(C(N)=O)CC4)cnc32)cc1. The summed E-state index contributed by atoms with van der Waals surface area (Å²) < 4.78 is 9.09. The van der Waals surface area contributed by atoms with E-state index in [9.17, 15) is 9.59 Å². The van der Waals surface area contributed by atoms with Crippen LogP contribution in [0, 0.1) is 11.8 Å². The van der Waals surface area contributed by atoms with Crippen LogP contribution in [0.25, 0.3) is 16.7 Å². The first-order valence-corrected chi connectivity index (χ1v) is 11.1. The molecule has 2 aromatic heterocycles. The van der Waals surface area contributed by atoms with Crippen molar-refractivity contribution < 1.29 is 9.53 Å². The summed E-state index contributed by atoms with van der Waals surface area (Å²) in [7, 11) is 0. The van der Waals surface area contributed by atoms with Crippen molar-refractivity contribution in [2.24, 2.45) is 17.6 Å². The number of carbonyl (C=O) groups is 1. The van der Waals surface area contributed by atoms with E-state index in [2.05, 4.69) is 23.9 Å². The average Bonchev–Trinajstić information content (AvgIpc) is 3.21. The van der Waals surface area contributed by atoms with Crippen molar-refractivity contribution >= 4 is 17.1 Å². The summed E-state index contributed by atoms with van der Waals surface area (Å²) in [6, 6.07) is 7.26. The molecule has 0 atom stereocenters. The molecule has 0 saturated carbocycles. The molecule has 0 unspecified atom stereocenters. The number of carbonyl (C=O) groups excluding carboxylic acids is 1. The Labute approximate surface area is 186 Å². The Kier molecular flexibility index (Phi) is 6.43. The van der Waals surface area contributed by atoms with Crippen LogP contribution in [0.4, 0.5) is 4.79 Å². The largest absolute Gasteiger partial charge is 0.494 e. The molecule has 1 aliphatic rings. The second-order valence-corrected chi connectivity index (χ2v) is 8.79. The summed E-state index contributed by atoms with van der Waals surface area (Å²) in [5.41, 5.74) is 6.59. The molecule has 3 aromatic rings. The first kappa shape index (κ1) is 21.9. The molecular weight excluding hydrogens is 408 g/mol. The number of nitrogens with zero attached hydrogens (tertiary/aromatic N) is 5. The minimum atomic E-state index is -0.383. The maximum absolute atomic E-state index is 13.0. The van der Waals surface area contributed by atoms with E-state index < -0.39 is 0 Å². The van der Waals surface area contributed by atoms with Gasteiger partial charge >= 0.3 is 6.03 Å². The van der Waals surface area contributed by atoms with Crippen LogP contribution in [0.3, 0.4) is 0 Å². The van der Waals surface area contributed by atoms with Gasteiger partial charge in [-0.1, -0.05) is 13.8 Å². The summed E-state index contributed by atoms with van der Waals surface area (Å²) in [4.78, 5) is 30.5. The van der Waals surface area contributed by atoms with Crippen molar-refractivity contribution in [1.82, 2.24) is 24.2 Å². The topological polar surface area (TPSA) is 108 Å². The van der Waals surface area contributed by atoms with Crippen LogP contribution in [-0.4, -0.2) is 50.0 Å². The van der Waals surface area contributed by atoms with Gasteiger partial charge < -0.3 is 15.4 Å². The zero-order valence-corrected chi connectivity index (χ0v) is 18.6. The standard InChI is InChI=1S/C23H30N6O3/c1-16(2)9-12-32-19-5-3-18(4-6-19)29-21-20(13-26-29)22(30)28(15-25-21)14-17-7-10-27(11-8-17)23(24)31/h3-6,13,15-17H,7-12,14H2,1-2H3,(H2,24,31). The number of piperidine rings is 1. The fourth-order valence-electron chi connectivity index (χ4n) is 3.98. The normalized spacial score (nSPS) is 14.9. The van der Waals surface area contributed by atoms with Gasteiger partial charge in [-0.05, 0) is 55.4 Å². The number of primary amides is 1. The van der Waals surface area contributed by atoms with Gasteiger partial charge in [0.25, 0.3) is 5.56 Å². The molecule has 1 aromatic carbocycles. The lowest BCUT2D eigenvalue weighted by Crippen LogP contribution is -2.42. The number of hydrogen-bond acceptors (Lipinski definition) is 5. The van der Waals surface area contributed by atoms with Gasteiger partial charge in [0.15, 0.2) is 5.65 Å². The third-order valence-electron chi connectivity index (χ3n) is 5.98. The number of rotatable bonds is 7. The zero-order chi connectivity index (χ0) is 22.7. The van der Waals surface area contributed by atoms with Crippen molar-refractivity contribution in [2.75, 3.05) is 19.7 Å². The number of amides is 2. The van der Waals surface area contributed by atoms with Gasteiger partial charge in [0, 0.05) is 19.6 Å². The van der Waals surface area contributed by atoms with E-state index in [1.807, 2.05) is 24.3 Å². The van der Waals surface area contributed by atoms with E-state index in [4.69, 9.17) is 10.5 Å². The molecule has 2 amide bonds. The Balaban J connectivity index is 1.47. The van der Waals surface area contributed by atoms with Crippen molar-refractivity contribution in [1.29, 1.82) is 0 Å². The maximum Gasteiger partial charge on any atom is 0.314 e. The highest BCUT2D eigenvalue weighted by atomic mass is 16.5. The summed E-state index contributed by atoms with van der Waals surface area (Å²) >= 11 is 0. The Hall–Kier alpha value is -3.36. The third-order valence-corrected chi connectivity index (χ3v) is 5.98. The number of ether oxygens (including phenoxy) is 1. The Morgan fingerprint density at radius 2 is 1.94 bits per heavy atom. The predicted molar refractivity (Wildman–Crippen MR) is 122 cm³/mol. The van der Waals surface area contributed by atoms with Crippen LogP contribution in [0.5, 0.6) is 5.75 Å². The number of likely N-dealkylation sites (tertiary alicyclic amines) is 1. The van der Waals surface area contributed by atoms with Crippen molar-refractivity contribution in [3.05, 3.63) is 47.1 Å². The fraction of sp³-hybridized carbons (Fsp3) is 0.478. The first-order valence-electron chi connectivity index (χ1n) is 11.1. The van der Waals surface area contributed by atoms with Gasteiger partial charge in [-0.15, -0.1) is 0 Å². The van der Waals surface area contributed by atoms with E-state index in [0.29, 0.717) is 49.1 Å². The highest BCUT2D eigenvalue weighted by molar-refractivity contribution is 5.75. The smallest absolute Gasteiger partial charge is 0.314 e. The van der Waals surface area contributed by atoms with Crippen molar-refractivity contribution in [3.63, 3.8) is 0 Å². The Morgan fingerprint density at radius 3 is 2.59 bits per heavy atom. The summed E-state index contributed by atoms with van der Waals surface area (Å²) in [5.74, 6) is 1.71. The fourth-order valence-corrected chi connectivity index (χ4v) is 3.98. The molecule has 2 N–H and O–H groups in total. The molecule has 4 rings (SSSR count). The van der Waals surface area contributed by atoms with Crippen LogP contribution in [-0.2, 0) is 6.54 Å². The molecule has 3 heterocycles. The quantitative estimate of drug-likeness (QED) is 0.610. The predicted octanol–water partition coefficient (Wildman–Crippen LogP) is 2.80. The lowest BCUT2D eigenvalue weighted by Gasteiger charge is -2.30. The van der Waals surface area contributed by atoms with Crippen LogP contribution < -0.4 is 16.0 Å². The molecule has 0 spiro atoms. The van der Waals surface area contributed by atoms with Gasteiger partial charge in [-0.25, -0.2) is 14.5 Å². The van der Waals surface area contributed by atoms with Gasteiger partial charge in [-0.3, -0.25) is 9.36 Å². The van der Waals surface area contributed by atoms with Gasteiger partial charge in [0.05, 0.1) is 24.8 Å². The van der Waals surface area contributed by atoms with E-state index >= 15 is 0 Å². The molecule has 9 nitrogen and oxygen atoms in total. The summed E-state index contributed by atoms with van der Waals surface area (Å²) in [6.07, 6.45) is 5.80. The number of benzene rings is 1. The van der Waals surface area contributed by atoms with Gasteiger partial charge in [-0.2, -0.15) is 5.10 Å². The van der Waals surface area contributed by atoms with Crippen molar-refractivity contribution in [2.45, 2.75) is 39.7 Å². The molecule has 0 aliphatic carbocycles. The summed E-state index contributed by atoms with van der Waals surface area (Å²) in [5, 5.41) is 4.89. The molecule has 9 heteroatoms. The molecule has 1 aliphatic heterocycles. The molecular formula is C23H30N6O3. The Morgan fingerprint density at radius 1 is 1.22 bits per heavy atom. The molecule has 0 bridgehead atoms. The highest BCUT2D eigenvalue weighted by Crippen LogP contribution is 2.20. The van der Waals surface area contributed by atoms with Crippen molar-refractivity contribution in [3.8, 4) is 11.4 Å². The molecule has 0 radical (unpaired) electrons. The molecule has 170 valence electrons. The highest BCUT2D eigenvalue weighted by Gasteiger charge is 2.22. The lowest BCUT2D eigenvalue weighted by atomic mass is 9.97. The van der Waals surface area contributed by atoms with E-state index in [1.165, 1.54) is 0 Å². The van der Waals surface area contributed by atoms with E-state index in [1.54, 1.807) is 26.7 Å². The number of aromatic nitrogens is 4. The number of urea groups is 1. The van der Waals surface area contributed by atoms with Gasteiger partial charge in [0.1, 0.15) is 11.1 Å². The second-order valence-electron chi connectivity index (χ2n) is 8.79. The maximum atomic E-state index is 13.0. The van der Waals surface area contributed by atoms with E-state index in [0.717, 1.165) is 30.7 Å². The molecule has 1 fully saturated rings. The molecule has 1 saturated heterocycles. The average molecular weight is 439 g/mol. The molecule has 32 heavy (non-hydrogen) atoms.